The van der Waals surface area contributed by atoms with Gasteiger partial charge in [-0.1, -0.05) is 25.1 Å². The molecular formula is C18H21NO2. The Morgan fingerprint density at radius 1 is 1.10 bits per heavy atom. The van der Waals surface area contributed by atoms with E-state index in [1.165, 1.54) is 5.56 Å². The van der Waals surface area contributed by atoms with E-state index in [0.29, 0.717) is 0 Å². The Kier molecular flexibility index (Phi) is 4.99. The maximum Gasteiger partial charge on any atom is 0.262 e. The van der Waals surface area contributed by atoms with E-state index in [9.17, 15) is 4.79 Å². The van der Waals surface area contributed by atoms with E-state index in [2.05, 4.69) is 18.3 Å². The largest absolute Gasteiger partial charge is 0.484 e. The Balaban J connectivity index is 1.92. The normalized spacial score (nSPS) is 10.2. The van der Waals surface area contributed by atoms with E-state index in [1.54, 1.807) is 0 Å². The number of benzene rings is 2. The lowest BCUT2D eigenvalue weighted by atomic mass is 10.1. The minimum Gasteiger partial charge on any atom is -0.484 e. The van der Waals surface area contributed by atoms with Crippen LogP contribution in [0.5, 0.6) is 5.75 Å². The fourth-order valence-corrected chi connectivity index (χ4v) is 2.25. The van der Waals surface area contributed by atoms with Gasteiger partial charge in [0.1, 0.15) is 5.75 Å². The Hall–Kier alpha value is -2.29. The molecule has 21 heavy (non-hydrogen) atoms. The Morgan fingerprint density at radius 3 is 2.48 bits per heavy atom. The highest BCUT2D eigenvalue weighted by Crippen LogP contribution is 2.15. The molecule has 3 heteroatoms. The number of rotatable bonds is 5. The number of amides is 1. The quantitative estimate of drug-likeness (QED) is 0.904. The summed E-state index contributed by atoms with van der Waals surface area (Å²) >= 11 is 0. The number of aryl methyl sites for hydroxylation is 3. The second-order valence-electron chi connectivity index (χ2n) is 5.21. The van der Waals surface area contributed by atoms with E-state index >= 15 is 0 Å². The number of carbonyl (C=O) groups is 1. The fourth-order valence-electron chi connectivity index (χ4n) is 2.25. The summed E-state index contributed by atoms with van der Waals surface area (Å²) in [6.07, 6.45) is 0.950. The van der Waals surface area contributed by atoms with Gasteiger partial charge >= 0.3 is 0 Å². The minimum absolute atomic E-state index is 0.0140. The zero-order chi connectivity index (χ0) is 15.2. The van der Waals surface area contributed by atoms with Crippen LogP contribution in [0.15, 0.2) is 42.5 Å². The van der Waals surface area contributed by atoms with Gasteiger partial charge in [0.15, 0.2) is 6.61 Å². The smallest absolute Gasteiger partial charge is 0.262 e. The second-order valence-corrected chi connectivity index (χ2v) is 5.21. The van der Waals surface area contributed by atoms with Crippen molar-refractivity contribution in [2.45, 2.75) is 27.2 Å². The summed E-state index contributed by atoms with van der Waals surface area (Å²) in [6, 6.07) is 13.8. The molecule has 0 saturated carbocycles. The van der Waals surface area contributed by atoms with Crippen molar-refractivity contribution in [2.24, 2.45) is 0 Å². The van der Waals surface area contributed by atoms with Crippen LogP contribution in [0.1, 0.15) is 23.6 Å². The highest BCUT2D eigenvalue weighted by molar-refractivity contribution is 5.92. The summed E-state index contributed by atoms with van der Waals surface area (Å²) in [5.74, 6) is 0.576. The van der Waals surface area contributed by atoms with E-state index in [-0.39, 0.29) is 12.5 Å². The molecule has 2 aromatic carbocycles. The van der Waals surface area contributed by atoms with E-state index in [1.807, 2.05) is 50.2 Å². The van der Waals surface area contributed by atoms with Crippen molar-refractivity contribution >= 4 is 11.6 Å². The first-order valence-electron chi connectivity index (χ1n) is 7.16. The third-order valence-corrected chi connectivity index (χ3v) is 3.18. The van der Waals surface area contributed by atoms with Crippen LogP contribution in [0, 0.1) is 13.8 Å². The molecule has 0 unspecified atom stereocenters. The van der Waals surface area contributed by atoms with Gasteiger partial charge in [-0.3, -0.25) is 4.79 Å². The fraction of sp³-hybridized carbons (Fsp3) is 0.278. The lowest BCUT2D eigenvalue weighted by Gasteiger charge is -2.09. The van der Waals surface area contributed by atoms with Gasteiger partial charge in [-0.05, 0) is 61.2 Å². The molecular weight excluding hydrogens is 262 g/mol. The van der Waals surface area contributed by atoms with Crippen LogP contribution >= 0.6 is 0 Å². The van der Waals surface area contributed by atoms with Gasteiger partial charge in [0.2, 0.25) is 0 Å². The summed E-state index contributed by atoms with van der Waals surface area (Å²) < 4.78 is 5.53. The first-order chi connectivity index (χ1) is 10.1. The molecule has 0 fully saturated rings. The SMILES string of the molecule is CCc1cccc(OCC(=O)Nc2cc(C)cc(C)c2)c1. The van der Waals surface area contributed by atoms with E-state index < -0.39 is 0 Å². The summed E-state index contributed by atoms with van der Waals surface area (Å²) in [6.45, 7) is 6.12. The van der Waals surface area contributed by atoms with Gasteiger partial charge in [0, 0.05) is 5.69 Å². The maximum absolute atomic E-state index is 11.9. The molecule has 110 valence electrons. The molecule has 1 N–H and O–H groups in total. The predicted molar refractivity (Wildman–Crippen MR) is 85.9 cm³/mol. The maximum atomic E-state index is 11.9. The van der Waals surface area contributed by atoms with E-state index in [0.717, 1.165) is 29.0 Å². The van der Waals surface area contributed by atoms with Crippen LogP contribution in [0.4, 0.5) is 5.69 Å². The van der Waals surface area contributed by atoms with Crippen molar-refractivity contribution in [3.63, 3.8) is 0 Å². The van der Waals surface area contributed by atoms with Crippen LogP contribution in [0.3, 0.4) is 0 Å². The summed E-state index contributed by atoms with van der Waals surface area (Å²) in [7, 11) is 0. The number of hydrogen-bond acceptors (Lipinski definition) is 2. The number of carbonyl (C=O) groups excluding carboxylic acids is 1. The monoisotopic (exact) mass is 283 g/mol. The summed E-state index contributed by atoms with van der Waals surface area (Å²) in [5.41, 5.74) is 4.26. The molecule has 0 spiro atoms. The van der Waals surface area contributed by atoms with Crippen molar-refractivity contribution in [1.82, 2.24) is 0 Å². The molecule has 0 atom stereocenters. The van der Waals surface area contributed by atoms with Gasteiger partial charge < -0.3 is 10.1 Å². The zero-order valence-electron chi connectivity index (χ0n) is 12.8. The molecule has 0 aliphatic heterocycles. The molecule has 0 aliphatic carbocycles. The molecule has 0 bridgehead atoms. The van der Waals surface area contributed by atoms with Crippen molar-refractivity contribution in [1.29, 1.82) is 0 Å². The number of hydrogen-bond donors (Lipinski definition) is 1. The molecule has 0 saturated heterocycles. The van der Waals surface area contributed by atoms with Crippen molar-refractivity contribution in [3.8, 4) is 5.75 Å². The second kappa shape index (κ2) is 6.93. The van der Waals surface area contributed by atoms with Crippen molar-refractivity contribution in [2.75, 3.05) is 11.9 Å². The predicted octanol–water partition coefficient (Wildman–Crippen LogP) is 3.88. The number of nitrogens with one attached hydrogen (secondary N) is 1. The van der Waals surface area contributed by atoms with Crippen LogP contribution < -0.4 is 10.1 Å². The number of ether oxygens (including phenoxy) is 1. The molecule has 2 aromatic rings. The van der Waals surface area contributed by atoms with Gasteiger partial charge in [0.25, 0.3) is 5.91 Å². The van der Waals surface area contributed by atoms with Gasteiger partial charge in [0.05, 0.1) is 0 Å². The molecule has 1 amide bonds. The first-order valence-corrected chi connectivity index (χ1v) is 7.16. The number of anilines is 1. The highest BCUT2D eigenvalue weighted by Gasteiger charge is 2.05. The standard InChI is InChI=1S/C18H21NO2/c1-4-15-6-5-7-17(11-15)21-12-18(20)19-16-9-13(2)8-14(3)10-16/h5-11H,4,12H2,1-3H3,(H,19,20). The molecule has 0 aliphatic rings. The molecule has 3 nitrogen and oxygen atoms in total. The average molecular weight is 283 g/mol. The third-order valence-electron chi connectivity index (χ3n) is 3.18. The van der Waals surface area contributed by atoms with Gasteiger partial charge in [-0.25, -0.2) is 0 Å². The van der Waals surface area contributed by atoms with Crippen LogP contribution in [-0.2, 0) is 11.2 Å². The minimum atomic E-state index is -0.151. The lowest BCUT2D eigenvalue weighted by Crippen LogP contribution is -2.20. The van der Waals surface area contributed by atoms with Crippen LogP contribution in [0.2, 0.25) is 0 Å². The molecule has 0 aromatic heterocycles. The van der Waals surface area contributed by atoms with E-state index in [4.69, 9.17) is 4.74 Å². The van der Waals surface area contributed by atoms with Crippen molar-refractivity contribution in [3.05, 3.63) is 59.2 Å². The third kappa shape index (κ3) is 4.63. The topological polar surface area (TPSA) is 38.3 Å². The highest BCUT2D eigenvalue weighted by atomic mass is 16.5. The average Bonchev–Trinajstić information content (AvgIpc) is 2.44. The lowest BCUT2D eigenvalue weighted by molar-refractivity contribution is -0.118. The zero-order valence-corrected chi connectivity index (χ0v) is 12.8. The van der Waals surface area contributed by atoms with Crippen LogP contribution in [-0.4, -0.2) is 12.5 Å². The van der Waals surface area contributed by atoms with Gasteiger partial charge in [-0.15, -0.1) is 0 Å². The Morgan fingerprint density at radius 2 is 1.81 bits per heavy atom. The molecule has 2 rings (SSSR count). The summed E-state index contributed by atoms with van der Waals surface area (Å²) in [4.78, 5) is 11.9. The molecule has 0 radical (unpaired) electrons. The summed E-state index contributed by atoms with van der Waals surface area (Å²) in [5, 5.41) is 2.86. The van der Waals surface area contributed by atoms with Crippen LogP contribution in [0.25, 0.3) is 0 Å². The Labute approximate surface area is 126 Å². The first kappa shape index (κ1) is 15.1. The Bertz CT molecular complexity index is 615. The van der Waals surface area contributed by atoms with Crippen molar-refractivity contribution < 1.29 is 9.53 Å². The van der Waals surface area contributed by atoms with Gasteiger partial charge in [-0.2, -0.15) is 0 Å². The molecule has 0 heterocycles.